The molecule has 4 N–H and O–H groups in total. The number of hydrogen-bond donors (Lipinski definition) is 3. The van der Waals surface area contributed by atoms with Crippen LogP contribution in [0.5, 0.6) is 0 Å². The molecule has 1 rings (SSSR count). The Morgan fingerprint density at radius 1 is 1.39 bits per heavy atom. The normalized spacial score (nSPS) is 11.4. The smallest absolute Gasteiger partial charge is 0.251 e. The predicted octanol–water partition coefficient (Wildman–Crippen LogP) is 0.689. The fourth-order valence-corrected chi connectivity index (χ4v) is 1.26. The van der Waals surface area contributed by atoms with Gasteiger partial charge >= 0.3 is 0 Å². The molecule has 2 amide bonds. The van der Waals surface area contributed by atoms with Gasteiger partial charge in [0.05, 0.1) is 6.54 Å². The molecule has 0 aliphatic rings. The summed E-state index contributed by atoms with van der Waals surface area (Å²) in [4.78, 5) is 23.1. The first kappa shape index (κ1) is 13.8. The van der Waals surface area contributed by atoms with E-state index in [4.69, 9.17) is 5.73 Å². The summed E-state index contributed by atoms with van der Waals surface area (Å²) in [5.74, 6) is -0.567. The lowest BCUT2D eigenvalue weighted by Gasteiger charge is -2.10. The molecule has 1 unspecified atom stereocenters. The lowest BCUT2D eigenvalue weighted by Crippen LogP contribution is -2.40. The maximum absolute atomic E-state index is 11.7. The summed E-state index contributed by atoms with van der Waals surface area (Å²) in [5, 5.41) is 5.18. The lowest BCUT2D eigenvalue weighted by molar-refractivity contribution is -0.120. The molecular weight excluding hydrogens is 230 g/mol. The van der Waals surface area contributed by atoms with E-state index in [1.165, 1.54) is 0 Å². The Labute approximate surface area is 106 Å². The zero-order valence-corrected chi connectivity index (χ0v) is 10.3. The van der Waals surface area contributed by atoms with Gasteiger partial charge in [0.15, 0.2) is 0 Å². The number of carbonyl (C=O) groups excluding carboxylic acids is 2. The molecule has 1 aromatic carbocycles. The maximum Gasteiger partial charge on any atom is 0.251 e. The fourth-order valence-electron chi connectivity index (χ4n) is 1.26. The van der Waals surface area contributed by atoms with Crippen molar-refractivity contribution in [2.75, 3.05) is 12.3 Å². The van der Waals surface area contributed by atoms with Gasteiger partial charge in [-0.1, -0.05) is 6.08 Å². The Morgan fingerprint density at radius 3 is 2.56 bits per heavy atom. The van der Waals surface area contributed by atoms with Crippen molar-refractivity contribution in [3.63, 3.8) is 0 Å². The van der Waals surface area contributed by atoms with Gasteiger partial charge in [0, 0.05) is 17.3 Å². The molecule has 1 atom stereocenters. The van der Waals surface area contributed by atoms with Crippen LogP contribution < -0.4 is 16.4 Å². The van der Waals surface area contributed by atoms with E-state index in [0.717, 1.165) is 0 Å². The highest BCUT2D eigenvalue weighted by molar-refractivity contribution is 5.96. The number of nitrogens with one attached hydrogen (secondary N) is 2. The average molecular weight is 247 g/mol. The lowest BCUT2D eigenvalue weighted by atomic mass is 10.2. The molecule has 0 saturated heterocycles. The molecule has 0 aliphatic carbocycles. The first-order chi connectivity index (χ1) is 8.52. The standard InChI is InChI=1S/C13H17N3O2/c1-3-9(2)16-12(17)8-15-13(18)10-4-6-11(14)7-5-10/h3-7,9H,1,8,14H2,2H3,(H,15,18)(H,16,17). The summed E-state index contributed by atoms with van der Waals surface area (Å²) < 4.78 is 0. The molecule has 0 saturated carbocycles. The second-order valence-corrected chi connectivity index (χ2v) is 3.90. The maximum atomic E-state index is 11.7. The number of carbonyl (C=O) groups is 2. The molecule has 1 aromatic rings. The van der Waals surface area contributed by atoms with Crippen molar-refractivity contribution in [3.05, 3.63) is 42.5 Å². The third-order valence-electron chi connectivity index (χ3n) is 2.32. The SMILES string of the molecule is C=CC(C)NC(=O)CNC(=O)c1ccc(N)cc1. The Balaban J connectivity index is 2.44. The number of hydrogen-bond acceptors (Lipinski definition) is 3. The van der Waals surface area contributed by atoms with Gasteiger partial charge in [-0.15, -0.1) is 6.58 Å². The van der Waals surface area contributed by atoms with Crippen LogP contribution in [-0.4, -0.2) is 24.4 Å². The molecule has 96 valence electrons. The minimum Gasteiger partial charge on any atom is -0.399 e. The monoisotopic (exact) mass is 247 g/mol. The predicted molar refractivity (Wildman–Crippen MR) is 71.0 cm³/mol. The Morgan fingerprint density at radius 2 is 2.00 bits per heavy atom. The van der Waals surface area contributed by atoms with Crippen LogP contribution >= 0.6 is 0 Å². The Kier molecular flexibility index (Phi) is 4.92. The van der Waals surface area contributed by atoms with Gasteiger partial charge in [-0.25, -0.2) is 0 Å². The molecule has 0 bridgehead atoms. The molecule has 18 heavy (non-hydrogen) atoms. The van der Waals surface area contributed by atoms with Crippen molar-refractivity contribution in [1.82, 2.24) is 10.6 Å². The van der Waals surface area contributed by atoms with Crippen molar-refractivity contribution in [2.24, 2.45) is 0 Å². The summed E-state index contributed by atoms with van der Waals surface area (Å²) in [5.41, 5.74) is 6.57. The van der Waals surface area contributed by atoms with Gasteiger partial charge in [-0.3, -0.25) is 9.59 Å². The zero-order chi connectivity index (χ0) is 13.5. The zero-order valence-electron chi connectivity index (χ0n) is 10.3. The molecule has 0 aliphatic heterocycles. The number of anilines is 1. The van der Waals surface area contributed by atoms with Crippen LogP contribution in [0.3, 0.4) is 0 Å². The quantitative estimate of drug-likeness (QED) is 0.528. The third kappa shape index (κ3) is 4.29. The van der Waals surface area contributed by atoms with Gasteiger partial charge < -0.3 is 16.4 Å². The fraction of sp³-hybridized carbons (Fsp3) is 0.231. The van der Waals surface area contributed by atoms with Gasteiger partial charge in [0.25, 0.3) is 5.91 Å². The number of nitrogens with two attached hydrogens (primary N) is 1. The van der Waals surface area contributed by atoms with Gasteiger partial charge in [-0.05, 0) is 31.2 Å². The van der Waals surface area contributed by atoms with Crippen molar-refractivity contribution >= 4 is 17.5 Å². The summed E-state index contributed by atoms with van der Waals surface area (Å²) >= 11 is 0. The first-order valence-electron chi connectivity index (χ1n) is 5.58. The topological polar surface area (TPSA) is 84.2 Å². The number of benzene rings is 1. The van der Waals surface area contributed by atoms with E-state index >= 15 is 0 Å². The van der Waals surface area contributed by atoms with Crippen LogP contribution in [0, 0.1) is 0 Å². The van der Waals surface area contributed by atoms with Crippen LogP contribution in [0.2, 0.25) is 0 Å². The molecule has 0 radical (unpaired) electrons. The minimum atomic E-state index is -0.309. The minimum absolute atomic E-state index is 0.0681. The van der Waals surface area contributed by atoms with Crippen molar-refractivity contribution < 1.29 is 9.59 Å². The van der Waals surface area contributed by atoms with E-state index < -0.39 is 0 Å². The van der Waals surface area contributed by atoms with E-state index in [1.807, 2.05) is 0 Å². The van der Waals surface area contributed by atoms with Crippen molar-refractivity contribution in [3.8, 4) is 0 Å². The summed E-state index contributed by atoms with van der Waals surface area (Å²) in [7, 11) is 0. The second-order valence-electron chi connectivity index (χ2n) is 3.90. The number of amides is 2. The van der Waals surface area contributed by atoms with E-state index in [-0.39, 0.29) is 24.4 Å². The highest BCUT2D eigenvalue weighted by Gasteiger charge is 2.08. The molecule has 5 nitrogen and oxygen atoms in total. The van der Waals surface area contributed by atoms with E-state index in [2.05, 4.69) is 17.2 Å². The molecule has 0 aromatic heterocycles. The van der Waals surface area contributed by atoms with E-state index in [0.29, 0.717) is 11.3 Å². The highest BCUT2D eigenvalue weighted by atomic mass is 16.2. The van der Waals surface area contributed by atoms with Gasteiger partial charge in [0.2, 0.25) is 5.91 Å². The van der Waals surface area contributed by atoms with Crippen LogP contribution in [0.15, 0.2) is 36.9 Å². The first-order valence-corrected chi connectivity index (χ1v) is 5.58. The summed E-state index contributed by atoms with van der Waals surface area (Å²) in [6.45, 7) is 5.28. The van der Waals surface area contributed by atoms with Crippen molar-refractivity contribution in [2.45, 2.75) is 13.0 Å². The number of rotatable bonds is 5. The van der Waals surface area contributed by atoms with E-state index in [1.54, 1.807) is 37.3 Å². The van der Waals surface area contributed by atoms with Crippen molar-refractivity contribution in [1.29, 1.82) is 0 Å². The van der Waals surface area contributed by atoms with E-state index in [9.17, 15) is 9.59 Å². The molecule has 0 spiro atoms. The third-order valence-corrected chi connectivity index (χ3v) is 2.32. The van der Waals surface area contributed by atoms with Gasteiger partial charge in [0.1, 0.15) is 0 Å². The highest BCUT2D eigenvalue weighted by Crippen LogP contribution is 2.04. The molecular formula is C13H17N3O2. The number of nitrogen functional groups attached to an aromatic ring is 1. The summed E-state index contributed by atoms with van der Waals surface area (Å²) in [6.07, 6.45) is 1.61. The Bertz CT molecular complexity index is 440. The average Bonchev–Trinajstić information content (AvgIpc) is 2.36. The molecule has 0 heterocycles. The second kappa shape index (κ2) is 6.44. The van der Waals surface area contributed by atoms with Crippen LogP contribution in [0.1, 0.15) is 17.3 Å². The van der Waals surface area contributed by atoms with Crippen LogP contribution in [0.4, 0.5) is 5.69 Å². The van der Waals surface area contributed by atoms with Gasteiger partial charge in [-0.2, -0.15) is 0 Å². The van der Waals surface area contributed by atoms with Crippen LogP contribution in [-0.2, 0) is 4.79 Å². The van der Waals surface area contributed by atoms with Crippen LogP contribution in [0.25, 0.3) is 0 Å². The summed E-state index contributed by atoms with van der Waals surface area (Å²) in [6, 6.07) is 6.36. The Hall–Kier alpha value is -2.30. The molecule has 5 heteroatoms. The molecule has 0 fully saturated rings. The largest absolute Gasteiger partial charge is 0.399 e.